The molecule has 0 fully saturated rings. The van der Waals surface area contributed by atoms with Crippen LogP contribution in [0, 0.1) is 6.92 Å². The zero-order chi connectivity index (χ0) is 19.3. The Labute approximate surface area is 151 Å². The second-order valence-corrected chi connectivity index (χ2v) is 6.10. The molecule has 7 heteroatoms. The van der Waals surface area contributed by atoms with E-state index in [0.717, 1.165) is 15.9 Å². The van der Waals surface area contributed by atoms with Crippen molar-refractivity contribution in [3.05, 3.63) is 68.5 Å². The van der Waals surface area contributed by atoms with Gasteiger partial charge >= 0.3 is 5.69 Å². The van der Waals surface area contributed by atoms with Crippen molar-refractivity contribution in [3.63, 3.8) is 0 Å². The van der Waals surface area contributed by atoms with Crippen LogP contribution < -0.4 is 16.0 Å². The quantitative estimate of drug-likeness (QED) is 0.722. The van der Waals surface area contributed by atoms with Crippen molar-refractivity contribution < 1.29 is 9.53 Å². The van der Waals surface area contributed by atoms with Crippen molar-refractivity contribution in [2.45, 2.75) is 6.92 Å². The third-order valence-electron chi connectivity index (χ3n) is 3.97. The van der Waals surface area contributed by atoms with E-state index in [1.54, 1.807) is 14.1 Å². The van der Waals surface area contributed by atoms with Gasteiger partial charge < -0.3 is 14.2 Å². The third kappa shape index (κ3) is 4.72. The first-order valence-corrected chi connectivity index (χ1v) is 8.19. The van der Waals surface area contributed by atoms with Gasteiger partial charge in [0.1, 0.15) is 12.4 Å². The maximum Gasteiger partial charge on any atom is 0.330 e. The summed E-state index contributed by atoms with van der Waals surface area (Å²) in [5, 5.41) is 0. The van der Waals surface area contributed by atoms with Crippen molar-refractivity contribution >= 4 is 12.0 Å². The van der Waals surface area contributed by atoms with Gasteiger partial charge in [-0.15, -0.1) is 0 Å². The molecular weight excluding hydrogens is 334 g/mol. The van der Waals surface area contributed by atoms with Crippen LogP contribution in [0.1, 0.15) is 11.1 Å². The lowest BCUT2D eigenvalue weighted by molar-refractivity contribution is -0.125. The molecular formula is C19H23N3O4. The van der Waals surface area contributed by atoms with Gasteiger partial charge in [-0.05, 0) is 25.1 Å². The molecule has 0 aliphatic carbocycles. The molecule has 0 aliphatic heterocycles. The van der Waals surface area contributed by atoms with Crippen molar-refractivity contribution in [1.82, 2.24) is 14.0 Å². The number of hydrogen-bond donors (Lipinski definition) is 0. The maximum atomic E-state index is 12.2. The largest absolute Gasteiger partial charge is 0.492 e. The summed E-state index contributed by atoms with van der Waals surface area (Å²) in [6.07, 6.45) is 4.14. The minimum atomic E-state index is -0.442. The van der Waals surface area contributed by atoms with Gasteiger partial charge in [-0.2, -0.15) is 0 Å². The van der Waals surface area contributed by atoms with E-state index < -0.39 is 11.2 Å². The highest BCUT2D eigenvalue weighted by Crippen LogP contribution is 2.11. The number of likely N-dealkylation sites (N-methyl/N-ethyl adjacent to an activating group) is 1. The average molecular weight is 357 g/mol. The normalized spacial score (nSPS) is 10.9. The highest BCUT2D eigenvalue weighted by atomic mass is 16.5. The Morgan fingerprint density at radius 2 is 1.85 bits per heavy atom. The molecule has 2 aromatic rings. The number of benzene rings is 1. The van der Waals surface area contributed by atoms with Gasteiger partial charge in [-0.1, -0.05) is 17.7 Å². The minimum absolute atomic E-state index is 0.256. The zero-order valence-electron chi connectivity index (χ0n) is 15.4. The average Bonchev–Trinajstić information content (AvgIpc) is 2.63. The van der Waals surface area contributed by atoms with Gasteiger partial charge in [0.2, 0.25) is 5.91 Å². The summed E-state index contributed by atoms with van der Waals surface area (Å²) in [4.78, 5) is 37.3. The summed E-state index contributed by atoms with van der Waals surface area (Å²) in [5.41, 5.74) is 0.568. The highest BCUT2D eigenvalue weighted by Gasteiger charge is 2.07. The summed E-state index contributed by atoms with van der Waals surface area (Å²) in [5.74, 6) is 0.495. The van der Waals surface area contributed by atoms with Crippen LogP contribution in [0.4, 0.5) is 0 Å². The molecule has 0 radical (unpaired) electrons. The first-order valence-electron chi connectivity index (χ1n) is 8.19. The first-order chi connectivity index (χ1) is 12.3. The summed E-state index contributed by atoms with van der Waals surface area (Å²) >= 11 is 0. The van der Waals surface area contributed by atoms with Crippen LogP contribution in [0.25, 0.3) is 6.08 Å². The van der Waals surface area contributed by atoms with E-state index in [-0.39, 0.29) is 11.5 Å². The van der Waals surface area contributed by atoms with Crippen LogP contribution in [0.15, 0.2) is 46.1 Å². The number of aryl methyl sites for hydroxylation is 2. The van der Waals surface area contributed by atoms with Crippen LogP contribution in [0.3, 0.4) is 0 Å². The number of hydrogen-bond acceptors (Lipinski definition) is 4. The van der Waals surface area contributed by atoms with Crippen molar-refractivity contribution in [2.24, 2.45) is 14.1 Å². The summed E-state index contributed by atoms with van der Waals surface area (Å²) in [6.45, 7) is 2.77. The Kier molecular flexibility index (Phi) is 6.16. The van der Waals surface area contributed by atoms with Gasteiger partial charge in [0, 0.05) is 33.4 Å². The lowest BCUT2D eigenvalue weighted by atomic mass is 10.2. The number of nitrogens with zero attached hydrogens (tertiary/aromatic N) is 3. The molecule has 0 spiro atoms. The number of aromatic nitrogens is 2. The van der Waals surface area contributed by atoms with Crippen LogP contribution in [-0.4, -0.2) is 40.1 Å². The van der Waals surface area contributed by atoms with E-state index in [1.807, 2.05) is 31.2 Å². The molecule has 2 rings (SSSR count). The van der Waals surface area contributed by atoms with Crippen LogP contribution in [0.2, 0.25) is 0 Å². The lowest BCUT2D eigenvalue weighted by Gasteiger charge is -2.15. The lowest BCUT2D eigenvalue weighted by Crippen LogP contribution is -2.37. The molecule has 0 bridgehead atoms. The molecule has 1 heterocycles. The summed E-state index contributed by atoms with van der Waals surface area (Å²) in [6, 6.07) is 7.68. The Bertz CT molecular complexity index is 923. The molecule has 26 heavy (non-hydrogen) atoms. The van der Waals surface area contributed by atoms with E-state index >= 15 is 0 Å². The molecule has 138 valence electrons. The number of carbonyl (C=O) groups excluding carboxylic acids is 1. The van der Waals surface area contributed by atoms with Crippen molar-refractivity contribution in [2.75, 3.05) is 20.2 Å². The Hall–Kier alpha value is -3.09. The van der Waals surface area contributed by atoms with Crippen LogP contribution in [0.5, 0.6) is 5.75 Å². The fraction of sp³-hybridized carbons (Fsp3) is 0.316. The van der Waals surface area contributed by atoms with Crippen LogP contribution >= 0.6 is 0 Å². The molecule has 7 nitrogen and oxygen atoms in total. The Morgan fingerprint density at radius 3 is 2.50 bits per heavy atom. The number of ether oxygens (including phenoxy) is 1. The van der Waals surface area contributed by atoms with E-state index in [0.29, 0.717) is 13.2 Å². The van der Waals surface area contributed by atoms with E-state index in [2.05, 4.69) is 0 Å². The number of carbonyl (C=O) groups is 1. The van der Waals surface area contributed by atoms with E-state index in [1.165, 1.54) is 34.9 Å². The third-order valence-corrected chi connectivity index (χ3v) is 3.97. The monoisotopic (exact) mass is 357 g/mol. The molecule has 0 aliphatic rings. The summed E-state index contributed by atoms with van der Waals surface area (Å²) < 4.78 is 7.90. The maximum absolute atomic E-state index is 12.2. The minimum Gasteiger partial charge on any atom is -0.492 e. The van der Waals surface area contributed by atoms with E-state index in [9.17, 15) is 14.4 Å². The Morgan fingerprint density at radius 1 is 1.19 bits per heavy atom. The topological polar surface area (TPSA) is 73.5 Å². The second-order valence-electron chi connectivity index (χ2n) is 6.10. The van der Waals surface area contributed by atoms with E-state index in [4.69, 9.17) is 4.74 Å². The zero-order valence-corrected chi connectivity index (χ0v) is 15.4. The predicted molar refractivity (Wildman–Crippen MR) is 100 cm³/mol. The molecule has 0 saturated carbocycles. The van der Waals surface area contributed by atoms with Gasteiger partial charge in [0.15, 0.2) is 0 Å². The number of amides is 1. The fourth-order valence-electron chi connectivity index (χ4n) is 2.28. The molecule has 0 N–H and O–H groups in total. The molecule has 0 atom stereocenters. The molecule has 0 unspecified atom stereocenters. The molecule has 1 amide bonds. The van der Waals surface area contributed by atoms with Crippen LogP contribution in [-0.2, 0) is 18.9 Å². The second kappa shape index (κ2) is 8.33. The Balaban J connectivity index is 1.94. The SMILES string of the molecule is Cc1ccc(OCCN(C)C(=O)/C=C/c2cn(C)c(=O)n(C)c2=O)cc1. The highest BCUT2D eigenvalue weighted by molar-refractivity contribution is 5.91. The van der Waals surface area contributed by atoms with Crippen molar-refractivity contribution in [3.8, 4) is 5.75 Å². The number of rotatable bonds is 6. The first kappa shape index (κ1) is 19.2. The smallest absolute Gasteiger partial charge is 0.330 e. The van der Waals surface area contributed by atoms with Gasteiger partial charge in [-0.3, -0.25) is 14.2 Å². The van der Waals surface area contributed by atoms with Gasteiger partial charge in [0.25, 0.3) is 5.56 Å². The van der Waals surface area contributed by atoms with Crippen molar-refractivity contribution in [1.29, 1.82) is 0 Å². The standard InChI is InChI=1S/C19H23N3O4/c1-14-5-8-16(9-6-14)26-12-11-20(2)17(23)10-7-15-13-21(3)19(25)22(4)18(15)24/h5-10,13H,11-12H2,1-4H3/b10-7+. The molecule has 1 aromatic carbocycles. The van der Waals surface area contributed by atoms with Gasteiger partial charge in [-0.25, -0.2) is 4.79 Å². The molecule has 1 aromatic heterocycles. The van der Waals surface area contributed by atoms with Gasteiger partial charge in [0.05, 0.1) is 12.1 Å². The summed E-state index contributed by atoms with van der Waals surface area (Å²) in [7, 11) is 4.61. The molecule has 0 saturated heterocycles. The fourth-order valence-corrected chi connectivity index (χ4v) is 2.28. The predicted octanol–water partition coefficient (Wildman–Crippen LogP) is 0.943.